The first-order valence-electron chi connectivity index (χ1n) is 9.18. The summed E-state index contributed by atoms with van der Waals surface area (Å²) < 4.78 is 9.81. The van der Waals surface area contributed by atoms with E-state index in [1.165, 1.54) is 13.0 Å². The number of aliphatic hydroxyl groups is 2. The van der Waals surface area contributed by atoms with Crippen molar-refractivity contribution in [3.8, 4) is 5.75 Å². The lowest BCUT2D eigenvalue weighted by molar-refractivity contribution is -0.113. The maximum Gasteiger partial charge on any atom is 0.337 e. The zero-order chi connectivity index (χ0) is 23.7. The van der Waals surface area contributed by atoms with Crippen LogP contribution < -0.4 is 10.1 Å². The fourth-order valence-electron chi connectivity index (χ4n) is 2.41. The van der Waals surface area contributed by atoms with Gasteiger partial charge in [0, 0.05) is 5.69 Å². The summed E-state index contributed by atoms with van der Waals surface area (Å²) in [5, 5.41) is 37.9. The summed E-state index contributed by atoms with van der Waals surface area (Å²) in [7, 11) is 1.14. The molecule has 11 heteroatoms. The highest BCUT2D eigenvalue weighted by molar-refractivity contribution is 6.03. The van der Waals surface area contributed by atoms with Crippen LogP contribution in [0.4, 0.5) is 11.4 Å². The van der Waals surface area contributed by atoms with E-state index in [1.807, 2.05) is 0 Å². The zero-order valence-corrected chi connectivity index (χ0v) is 17.2. The number of amides is 1. The monoisotopic (exact) mass is 443 g/mol. The molecule has 0 bridgehead atoms. The summed E-state index contributed by atoms with van der Waals surface area (Å²) in [5.74, 6) is -2.80. The predicted molar refractivity (Wildman–Crippen MR) is 112 cm³/mol. The maximum absolute atomic E-state index is 12.5. The number of benzene rings is 2. The van der Waals surface area contributed by atoms with Crippen molar-refractivity contribution in [2.24, 2.45) is 10.2 Å². The van der Waals surface area contributed by atoms with Crippen LogP contribution in [-0.4, -0.2) is 53.5 Å². The number of azo groups is 1. The number of carbonyl (C=O) groups excluding carboxylic acids is 2. The number of esters is 1. The van der Waals surface area contributed by atoms with Crippen LogP contribution in [0, 0.1) is 0 Å². The number of carboxylic acid groups (broad SMARTS) is 1. The van der Waals surface area contributed by atoms with E-state index in [9.17, 15) is 24.6 Å². The summed E-state index contributed by atoms with van der Waals surface area (Å²) in [4.78, 5) is 35.6. The van der Waals surface area contributed by atoms with Crippen LogP contribution in [0.5, 0.6) is 5.75 Å². The molecule has 0 fully saturated rings. The molecule has 11 nitrogen and oxygen atoms in total. The van der Waals surface area contributed by atoms with Gasteiger partial charge >= 0.3 is 11.9 Å². The fourth-order valence-corrected chi connectivity index (χ4v) is 2.41. The summed E-state index contributed by atoms with van der Waals surface area (Å²) in [6, 6.07) is 9.74. The average molecular weight is 443 g/mol. The lowest BCUT2D eigenvalue weighted by atomic mass is 10.1. The molecule has 168 valence electrons. The molecule has 2 rings (SSSR count). The number of allylic oxidation sites excluding steroid dienone is 1. The number of hydrogen-bond donors (Lipinski definition) is 4. The molecule has 0 aliphatic rings. The Bertz CT molecular complexity index is 1060. The highest BCUT2D eigenvalue weighted by atomic mass is 16.5. The molecule has 2 aromatic carbocycles. The number of aromatic carboxylic acids is 1. The minimum absolute atomic E-state index is 0.0396. The van der Waals surface area contributed by atoms with Gasteiger partial charge in [0.1, 0.15) is 18.1 Å². The Morgan fingerprint density at radius 3 is 2.25 bits per heavy atom. The minimum Gasteiger partial charge on any atom is -0.510 e. The summed E-state index contributed by atoms with van der Waals surface area (Å²) in [6.07, 6.45) is 0. The van der Waals surface area contributed by atoms with Gasteiger partial charge in [-0.15, -0.1) is 5.11 Å². The summed E-state index contributed by atoms with van der Waals surface area (Å²) in [6.45, 7) is 1.22. The van der Waals surface area contributed by atoms with E-state index in [1.54, 1.807) is 24.3 Å². The van der Waals surface area contributed by atoms with Crippen molar-refractivity contribution >= 4 is 29.2 Å². The van der Waals surface area contributed by atoms with Gasteiger partial charge in [-0.3, -0.25) is 4.79 Å². The molecule has 0 unspecified atom stereocenters. The van der Waals surface area contributed by atoms with Crippen molar-refractivity contribution in [1.82, 2.24) is 0 Å². The number of nitrogens with zero attached hydrogens (tertiary/aromatic N) is 2. The molecule has 0 radical (unpaired) electrons. The molecule has 2 aromatic rings. The van der Waals surface area contributed by atoms with E-state index in [4.69, 9.17) is 9.84 Å². The number of aliphatic hydroxyl groups excluding tert-OH is 2. The third-order valence-corrected chi connectivity index (χ3v) is 3.88. The lowest BCUT2D eigenvalue weighted by Gasteiger charge is -2.08. The molecule has 4 N–H and O–H groups in total. The number of nitrogens with one attached hydrogen (secondary N) is 1. The topological polar surface area (TPSA) is 167 Å². The number of carboxylic acids is 1. The van der Waals surface area contributed by atoms with Gasteiger partial charge in [0.25, 0.3) is 5.91 Å². The molecular formula is C21H21N3O8. The molecule has 0 saturated carbocycles. The third kappa shape index (κ3) is 6.64. The number of carbonyl (C=O) groups is 3. The van der Waals surface area contributed by atoms with Gasteiger partial charge in [0.05, 0.1) is 30.5 Å². The van der Waals surface area contributed by atoms with Crippen LogP contribution in [0.25, 0.3) is 0 Å². The molecule has 0 aliphatic heterocycles. The van der Waals surface area contributed by atoms with Crippen molar-refractivity contribution in [1.29, 1.82) is 0 Å². The van der Waals surface area contributed by atoms with Gasteiger partial charge in [0.2, 0.25) is 0 Å². The van der Waals surface area contributed by atoms with Crippen LogP contribution in [0.15, 0.2) is 64.1 Å². The molecule has 0 aliphatic carbocycles. The van der Waals surface area contributed by atoms with E-state index in [0.717, 1.165) is 19.2 Å². The van der Waals surface area contributed by atoms with Gasteiger partial charge in [-0.25, -0.2) is 9.59 Å². The van der Waals surface area contributed by atoms with E-state index >= 15 is 0 Å². The molecular weight excluding hydrogens is 422 g/mol. The highest BCUT2D eigenvalue weighted by Crippen LogP contribution is 2.22. The minimum atomic E-state index is -1.30. The Hall–Kier alpha value is -4.25. The SMILES string of the molecule is COC(=O)c1cc(N=NC(C(=O)Nc2ccc(OCCO)cc2)=C(C)O)cc(C(=O)O)c1. The first-order chi connectivity index (χ1) is 15.2. The zero-order valence-electron chi connectivity index (χ0n) is 17.2. The highest BCUT2D eigenvalue weighted by Gasteiger charge is 2.15. The largest absolute Gasteiger partial charge is 0.510 e. The lowest BCUT2D eigenvalue weighted by Crippen LogP contribution is -2.14. The Morgan fingerprint density at radius 1 is 1.03 bits per heavy atom. The number of ether oxygens (including phenoxy) is 2. The molecule has 0 aromatic heterocycles. The van der Waals surface area contributed by atoms with E-state index in [-0.39, 0.29) is 30.0 Å². The van der Waals surface area contributed by atoms with Crippen molar-refractivity contribution in [3.63, 3.8) is 0 Å². The molecule has 32 heavy (non-hydrogen) atoms. The van der Waals surface area contributed by atoms with Gasteiger partial charge in [0.15, 0.2) is 5.70 Å². The van der Waals surface area contributed by atoms with Crippen LogP contribution in [0.3, 0.4) is 0 Å². The summed E-state index contributed by atoms with van der Waals surface area (Å²) in [5.41, 5.74) is -0.393. The molecule has 0 saturated heterocycles. The number of methoxy groups -OCH3 is 1. The number of anilines is 1. The van der Waals surface area contributed by atoms with Gasteiger partial charge in [-0.2, -0.15) is 5.11 Å². The second-order valence-electron chi connectivity index (χ2n) is 6.25. The maximum atomic E-state index is 12.5. The van der Waals surface area contributed by atoms with Crippen molar-refractivity contribution in [2.45, 2.75) is 6.92 Å². The van der Waals surface area contributed by atoms with Crippen LogP contribution in [-0.2, 0) is 9.53 Å². The van der Waals surface area contributed by atoms with Crippen molar-refractivity contribution in [2.75, 3.05) is 25.6 Å². The fraction of sp³-hybridized carbons (Fsp3) is 0.190. The first kappa shape index (κ1) is 24.0. The molecule has 0 heterocycles. The summed E-state index contributed by atoms with van der Waals surface area (Å²) >= 11 is 0. The standard InChI is InChI=1S/C21H21N3O8/c1-12(26)18(19(27)22-15-3-5-17(6-4-15)32-8-7-25)24-23-16-10-13(20(28)29)9-14(11-16)21(30)31-2/h3-6,9-11,25-26H,7-8H2,1-2H3,(H,22,27)(H,28,29). The number of rotatable bonds is 9. The second kappa shape index (κ2) is 11.2. The van der Waals surface area contributed by atoms with Crippen LogP contribution in [0.2, 0.25) is 0 Å². The van der Waals surface area contributed by atoms with Gasteiger partial charge in [-0.05, 0) is 49.4 Å². The molecule has 0 spiro atoms. The quantitative estimate of drug-likeness (QED) is 0.198. The Kier molecular flexibility index (Phi) is 8.43. The smallest absolute Gasteiger partial charge is 0.337 e. The average Bonchev–Trinajstić information content (AvgIpc) is 2.77. The predicted octanol–water partition coefficient (Wildman–Crippen LogP) is 3.05. The second-order valence-corrected chi connectivity index (χ2v) is 6.25. The Morgan fingerprint density at radius 2 is 1.69 bits per heavy atom. The molecule has 1 amide bonds. The van der Waals surface area contributed by atoms with Gasteiger partial charge in [-0.1, -0.05) is 0 Å². The normalized spacial score (nSPS) is 11.6. The van der Waals surface area contributed by atoms with Crippen LogP contribution >= 0.6 is 0 Å². The van der Waals surface area contributed by atoms with E-state index in [0.29, 0.717) is 11.4 Å². The Balaban J connectivity index is 2.24. The van der Waals surface area contributed by atoms with Crippen molar-refractivity contribution in [3.05, 3.63) is 65.0 Å². The number of hydrogen-bond acceptors (Lipinski definition) is 9. The Labute approximate surface area is 182 Å². The van der Waals surface area contributed by atoms with Crippen LogP contribution in [0.1, 0.15) is 27.6 Å². The third-order valence-electron chi connectivity index (χ3n) is 3.88. The van der Waals surface area contributed by atoms with Crippen molar-refractivity contribution < 1.29 is 39.2 Å². The molecule has 0 atom stereocenters. The van der Waals surface area contributed by atoms with E-state index < -0.39 is 29.3 Å². The van der Waals surface area contributed by atoms with E-state index in [2.05, 4.69) is 20.3 Å². The van der Waals surface area contributed by atoms with Gasteiger partial charge < -0.3 is 30.1 Å². The first-order valence-corrected chi connectivity index (χ1v) is 9.18.